The van der Waals surface area contributed by atoms with Gasteiger partial charge in [-0.25, -0.2) is 0 Å². The molecule has 21 heavy (non-hydrogen) atoms. The summed E-state index contributed by atoms with van der Waals surface area (Å²) in [4.78, 5) is 0. The molecule has 0 saturated carbocycles. The molecule has 1 N–H and O–H groups in total. The number of aliphatic hydroxyl groups excluding tert-OH is 1. The molecule has 2 nitrogen and oxygen atoms in total. The van der Waals surface area contributed by atoms with E-state index in [1.165, 1.54) is 51.4 Å². The number of aliphatic hydroxyl groups is 1. The molecule has 0 aliphatic heterocycles. The second-order valence-electron chi connectivity index (χ2n) is 4.87. The van der Waals surface area contributed by atoms with Crippen molar-refractivity contribution in [2.75, 3.05) is 19.7 Å². The summed E-state index contributed by atoms with van der Waals surface area (Å²) in [5, 5.41) is 12.6. The molecule has 0 aromatic carbocycles. The van der Waals surface area contributed by atoms with Crippen molar-refractivity contribution in [2.45, 2.75) is 85.0 Å². The molecule has 0 rings (SSSR count). The summed E-state index contributed by atoms with van der Waals surface area (Å²) in [6.45, 7) is 9.11. The number of nitrogens with zero attached hydrogens (tertiary/aromatic N) is 1. The van der Waals surface area contributed by atoms with Gasteiger partial charge in [0.05, 0.1) is 0 Å². The van der Waals surface area contributed by atoms with E-state index in [0.717, 1.165) is 25.9 Å². The fourth-order valence-electron chi connectivity index (χ4n) is 1.57. The van der Waals surface area contributed by atoms with Gasteiger partial charge in [-0.1, -0.05) is 78.6 Å². The molecular formula is C16H38Cl2NOTi-. The Bertz CT molecular complexity index is 121. The molecule has 0 amide bonds. The normalized spacial score (nSPS) is 8.57. The first-order valence-corrected chi connectivity index (χ1v) is 8.07. The van der Waals surface area contributed by atoms with Crippen LogP contribution in [0.4, 0.5) is 0 Å². The van der Waals surface area contributed by atoms with E-state index in [2.05, 4.69) is 26.1 Å². The van der Waals surface area contributed by atoms with Crippen LogP contribution in [0.5, 0.6) is 0 Å². The molecule has 0 atom stereocenters. The molecule has 0 aliphatic carbocycles. The molecule has 0 saturated heterocycles. The molecular weight excluding hydrogens is 341 g/mol. The van der Waals surface area contributed by atoms with E-state index in [1.54, 1.807) is 0 Å². The summed E-state index contributed by atoms with van der Waals surface area (Å²) in [6.07, 6.45) is 12.8. The van der Waals surface area contributed by atoms with Gasteiger partial charge in [0, 0.05) is 28.3 Å². The minimum absolute atomic E-state index is 0. The van der Waals surface area contributed by atoms with Gasteiger partial charge in [-0.3, -0.25) is 0 Å². The quantitative estimate of drug-likeness (QED) is 0.321. The van der Waals surface area contributed by atoms with E-state index in [1.807, 2.05) is 0 Å². The van der Waals surface area contributed by atoms with Crippen molar-refractivity contribution in [3.63, 3.8) is 0 Å². The number of hydrogen-bond donors (Lipinski definition) is 1. The van der Waals surface area contributed by atoms with Gasteiger partial charge >= 0.3 is 0 Å². The fraction of sp³-hybridized carbons (Fsp3) is 1.00. The standard InChI is InChI=1S/C12H26N.C4H10O.2ClH.Ti/c1-3-5-7-9-11-13-12-10-8-6-4-2;1-2-3-4-5;;;/h3-12H2,1-2H3;5H,2-4H2,1H3;2*1H;/q-1;;;;. The van der Waals surface area contributed by atoms with Crippen LogP contribution in [0.25, 0.3) is 5.32 Å². The third-order valence-corrected chi connectivity index (χ3v) is 2.85. The molecule has 0 heterocycles. The SMILES string of the molecule is CCCCCC[N-]CCCCCC.CCCCO.Cl.Cl.[Ti]. The smallest absolute Gasteiger partial charge is 0.0430 e. The van der Waals surface area contributed by atoms with Crippen molar-refractivity contribution >= 4 is 24.8 Å². The molecule has 0 spiro atoms. The summed E-state index contributed by atoms with van der Waals surface area (Å²) < 4.78 is 0. The first-order chi connectivity index (χ1) is 8.83. The first kappa shape index (κ1) is 33.7. The number of hydrogen-bond acceptors (Lipinski definition) is 1. The van der Waals surface area contributed by atoms with Gasteiger partial charge < -0.3 is 10.4 Å². The zero-order chi connectivity index (χ0) is 13.9. The zero-order valence-electron chi connectivity index (χ0n) is 14.4. The molecule has 0 aromatic rings. The van der Waals surface area contributed by atoms with Crippen LogP contribution in [0, 0.1) is 0 Å². The number of halogens is 2. The predicted octanol–water partition coefficient (Wildman–Crippen LogP) is 6.14. The van der Waals surface area contributed by atoms with Gasteiger partial charge in [-0.15, -0.1) is 37.9 Å². The van der Waals surface area contributed by atoms with Crippen molar-refractivity contribution in [3.05, 3.63) is 5.32 Å². The monoisotopic (exact) mass is 378 g/mol. The molecule has 0 radical (unpaired) electrons. The molecule has 0 aliphatic rings. The number of unbranched alkanes of at least 4 members (excludes halogenated alkanes) is 7. The van der Waals surface area contributed by atoms with Crippen LogP contribution in [0.1, 0.15) is 85.0 Å². The van der Waals surface area contributed by atoms with Gasteiger partial charge in [0.1, 0.15) is 0 Å². The van der Waals surface area contributed by atoms with Crippen LogP contribution in [0.2, 0.25) is 0 Å². The van der Waals surface area contributed by atoms with E-state index < -0.39 is 0 Å². The largest absolute Gasteiger partial charge is 0.662 e. The Balaban J connectivity index is -0.0000000933. The molecule has 5 heteroatoms. The van der Waals surface area contributed by atoms with Crippen molar-refractivity contribution in [2.24, 2.45) is 0 Å². The van der Waals surface area contributed by atoms with Crippen LogP contribution in [-0.4, -0.2) is 24.8 Å². The summed E-state index contributed by atoms with van der Waals surface area (Å²) in [6, 6.07) is 0. The van der Waals surface area contributed by atoms with Gasteiger partial charge in [0.15, 0.2) is 0 Å². The van der Waals surface area contributed by atoms with Crippen LogP contribution in [0.15, 0.2) is 0 Å². The Kier molecular flexibility index (Phi) is 60.2. The Morgan fingerprint density at radius 1 is 0.619 bits per heavy atom. The van der Waals surface area contributed by atoms with Gasteiger partial charge in [-0.2, -0.15) is 0 Å². The number of rotatable bonds is 12. The molecule has 0 fully saturated rings. The van der Waals surface area contributed by atoms with Crippen LogP contribution < -0.4 is 0 Å². The third-order valence-electron chi connectivity index (χ3n) is 2.85. The summed E-state index contributed by atoms with van der Waals surface area (Å²) in [5.74, 6) is 0. The summed E-state index contributed by atoms with van der Waals surface area (Å²) in [7, 11) is 0. The average Bonchev–Trinajstić information content (AvgIpc) is 2.39. The maximum absolute atomic E-state index is 8.07. The van der Waals surface area contributed by atoms with E-state index >= 15 is 0 Å². The zero-order valence-corrected chi connectivity index (χ0v) is 17.6. The maximum atomic E-state index is 8.07. The Morgan fingerprint density at radius 2 is 1.00 bits per heavy atom. The van der Waals surface area contributed by atoms with Crippen molar-refractivity contribution < 1.29 is 26.8 Å². The molecule has 132 valence electrons. The Morgan fingerprint density at radius 3 is 1.24 bits per heavy atom. The molecule has 0 bridgehead atoms. The van der Waals surface area contributed by atoms with E-state index in [0.29, 0.717) is 6.61 Å². The first-order valence-electron chi connectivity index (χ1n) is 8.07. The van der Waals surface area contributed by atoms with Gasteiger partial charge in [-0.05, 0) is 6.42 Å². The van der Waals surface area contributed by atoms with Gasteiger partial charge in [0.2, 0.25) is 0 Å². The summed E-state index contributed by atoms with van der Waals surface area (Å²) in [5.41, 5.74) is 0. The van der Waals surface area contributed by atoms with Gasteiger partial charge in [0.25, 0.3) is 0 Å². The molecule has 0 unspecified atom stereocenters. The van der Waals surface area contributed by atoms with E-state index in [9.17, 15) is 0 Å². The van der Waals surface area contributed by atoms with Crippen LogP contribution in [-0.2, 0) is 21.7 Å². The van der Waals surface area contributed by atoms with Crippen LogP contribution >= 0.6 is 24.8 Å². The van der Waals surface area contributed by atoms with E-state index in [-0.39, 0.29) is 46.5 Å². The third kappa shape index (κ3) is 44.9. The minimum Gasteiger partial charge on any atom is -0.662 e. The Labute approximate surface area is 161 Å². The van der Waals surface area contributed by atoms with E-state index in [4.69, 9.17) is 5.11 Å². The topological polar surface area (TPSA) is 34.3 Å². The van der Waals surface area contributed by atoms with Crippen molar-refractivity contribution in [3.8, 4) is 0 Å². The van der Waals surface area contributed by atoms with Crippen molar-refractivity contribution in [1.82, 2.24) is 0 Å². The average molecular weight is 379 g/mol. The fourth-order valence-corrected chi connectivity index (χ4v) is 1.57. The second kappa shape index (κ2) is 37.4. The maximum Gasteiger partial charge on any atom is 0.0430 e. The summed E-state index contributed by atoms with van der Waals surface area (Å²) >= 11 is 0. The Hall–Kier alpha value is 1.21. The van der Waals surface area contributed by atoms with Crippen LogP contribution in [0.3, 0.4) is 0 Å². The molecule has 0 aromatic heterocycles. The second-order valence-corrected chi connectivity index (χ2v) is 4.87. The predicted molar refractivity (Wildman–Crippen MR) is 97.9 cm³/mol. The minimum atomic E-state index is 0. The van der Waals surface area contributed by atoms with Crippen molar-refractivity contribution in [1.29, 1.82) is 0 Å².